The van der Waals surface area contributed by atoms with Gasteiger partial charge in [-0.05, 0) is 49.4 Å². The van der Waals surface area contributed by atoms with Crippen LogP contribution in [-0.2, 0) is 0 Å². The molecule has 1 heterocycles. The summed E-state index contributed by atoms with van der Waals surface area (Å²) >= 11 is 4.46. The number of thiol groups is 1. The molecule has 2 aromatic rings. The van der Waals surface area contributed by atoms with E-state index in [4.69, 9.17) is 4.74 Å². The molecule has 22 heavy (non-hydrogen) atoms. The first kappa shape index (κ1) is 14.7. The average molecular weight is 317 g/mol. The Morgan fingerprint density at radius 3 is 2.64 bits per heavy atom. The summed E-state index contributed by atoms with van der Waals surface area (Å²) in [6.07, 6.45) is 1.64. The van der Waals surface area contributed by atoms with Gasteiger partial charge in [-0.1, -0.05) is 6.07 Å². The minimum absolute atomic E-state index is 0.292. The van der Waals surface area contributed by atoms with Crippen LogP contribution < -0.4 is 14.8 Å². The first-order valence-electron chi connectivity index (χ1n) is 6.97. The highest BCUT2D eigenvalue weighted by atomic mass is 32.1. The van der Waals surface area contributed by atoms with Gasteiger partial charge in [0.1, 0.15) is 17.9 Å². The number of rotatable bonds is 4. The molecule has 1 aliphatic heterocycles. The van der Waals surface area contributed by atoms with E-state index in [0.717, 1.165) is 11.4 Å². The minimum Gasteiger partial charge on any atom is -0.494 e. The molecule has 3 rings (SSSR count). The molecule has 1 aliphatic rings. The predicted octanol–water partition coefficient (Wildman–Crippen LogP) is 3.71. The number of benzene rings is 2. The second kappa shape index (κ2) is 6.27. The van der Waals surface area contributed by atoms with Crippen LogP contribution in [0, 0.1) is 5.82 Å². The van der Waals surface area contributed by atoms with Gasteiger partial charge in [0, 0.05) is 0 Å². The third kappa shape index (κ3) is 2.87. The minimum atomic E-state index is -0.360. The lowest BCUT2D eigenvalue weighted by Gasteiger charge is -2.31. The number of hydrogen-bond donors (Lipinski definition) is 1. The van der Waals surface area contributed by atoms with Crippen LogP contribution in [0.25, 0.3) is 0 Å². The number of nitrogens with zero attached hydrogens (tertiary/aromatic N) is 3. The Bertz CT molecular complexity index is 677. The van der Waals surface area contributed by atoms with Crippen molar-refractivity contribution in [2.24, 2.45) is 4.99 Å². The van der Waals surface area contributed by atoms with Crippen molar-refractivity contribution in [3.63, 3.8) is 0 Å². The number of aliphatic imine (C=N–C) groups is 1. The summed E-state index contributed by atoms with van der Waals surface area (Å²) in [5.41, 5.74) is 1.22. The summed E-state index contributed by atoms with van der Waals surface area (Å²) in [5, 5.41) is 3.64. The molecule has 114 valence electrons. The second-order valence-electron chi connectivity index (χ2n) is 4.71. The van der Waals surface area contributed by atoms with Gasteiger partial charge in [0.05, 0.1) is 18.0 Å². The summed E-state index contributed by atoms with van der Waals surface area (Å²) in [5.74, 6) is 0.513. The van der Waals surface area contributed by atoms with Crippen molar-refractivity contribution in [3.8, 4) is 5.75 Å². The Hall–Kier alpha value is -2.21. The van der Waals surface area contributed by atoms with Crippen molar-refractivity contribution in [1.82, 2.24) is 0 Å². The van der Waals surface area contributed by atoms with Gasteiger partial charge < -0.3 is 4.74 Å². The van der Waals surface area contributed by atoms with E-state index >= 15 is 0 Å². The predicted molar refractivity (Wildman–Crippen MR) is 90.2 cm³/mol. The van der Waals surface area contributed by atoms with E-state index in [2.05, 4.69) is 17.6 Å². The zero-order valence-corrected chi connectivity index (χ0v) is 13.0. The van der Waals surface area contributed by atoms with Gasteiger partial charge in [-0.15, -0.1) is 12.6 Å². The van der Waals surface area contributed by atoms with Crippen molar-refractivity contribution < 1.29 is 9.13 Å². The molecule has 1 unspecified atom stereocenters. The van der Waals surface area contributed by atoms with Crippen molar-refractivity contribution in [2.45, 2.75) is 12.4 Å². The van der Waals surface area contributed by atoms with Crippen molar-refractivity contribution >= 4 is 30.3 Å². The summed E-state index contributed by atoms with van der Waals surface area (Å²) in [6, 6.07) is 14.0. The highest BCUT2D eigenvalue weighted by molar-refractivity contribution is 7.81. The van der Waals surface area contributed by atoms with E-state index < -0.39 is 0 Å². The average Bonchev–Trinajstić information content (AvgIpc) is 2.90. The molecule has 0 aromatic heterocycles. The van der Waals surface area contributed by atoms with Crippen LogP contribution in [0.4, 0.5) is 15.8 Å². The lowest BCUT2D eigenvalue weighted by Crippen LogP contribution is -2.40. The molecule has 0 spiro atoms. The Kier molecular flexibility index (Phi) is 4.20. The SMILES string of the molecule is CCOc1ccc(N2C(S)N=CN2c2cccc(F)c2)cc1. The van der Waals surface area contributed by atoms with Gasteiger partial charge in [-0.25, -0.2) is 19.4 Å². The molecule has 0 N–H and O–H groups in total. The highest BCUT2D eigenvalue weighted by Gasteiger charge is 2.26. The normalized spacial score (nSPS) is 17.1. The topological polar surface area (TPSA) is 28.1 Å². The van der Waals surface area contributed by atoms with E-state index in [1.54, 1.807) is 17.4 Å². The standard InChI is InChI=1S/C16H16FN3OS/c1-2-21-15-8-6-13(7-9-15)20-16(22)18-11-19(20)14-5-3-4-12(17)10-14/h3-11,16,22H,2H2,1H3. The summed E-state index contributed by atoms with van der Waals surface area (Å²) in [7, 11) is 0. The van der Waals surface area contributed by atoms with E-state index in [9.17, 15) is 4.39 Å². The molecule has 2 aromatic carbocycles. The number of ether oxygens (including phenoxy) is 1. The number of hydrazine groups is 1. The van der Waals surface area contributed by atoms with Gasteiger partial charge in [-0.2, -0.15) is 0 Å². The molecule has 1 atom stereocenters. The molecular weight excluding hydrogens is 301 g/mol. The monoisotopic (exact) mass is 317 g/mol. The van der Waals surface area contributed by atoms with Gasteiger partial charge in [-0.3, -0.25) is 0 Å². The van der Waals surface area contributed by atoms with E-state index in [-0.39, 0.29) is 11.3 Å². The van der Waals surface area contributed by atoms with Gasteiger partial charge in [0.25, 0.3) is 0 Å². The smallest absolute Gasteiger partial charge is 0.186 e. The van der Waals surface area contributed by atoms with Crippen LogP contribution in [0.15, 0.2) is 53.5 Å². The lowest BCUT2D eigenvalue weighted by molar-refractivity contribution is 0.340. The number of anilines is 2. The maximum atomic E-state index is 13.5. The molecule has 0 saturated carbocycles. The van der Waals surface area contributed by atoms with Gasteiger partial charge in [0.15, 0.2) is 5.50 Å². The van der Waals surface area contributed by atoms with Crippen molar-refractivity contribution in [3.05, 3.63) is 54.3 Å². The van der Waals surface area contributed by atoms with Crippen LogP contribution in [0.1, 0.15) is 6.92 Å². The Morgan fingerprint density at radius 2 is 1.95 bits per heavy atom. The quantitative estimate of drug-likeness (QED) is 0.871. The van der Waals surface area contributed by atoms with Gasteiger partial charge in [0.2, 0.25) is 0 Å². The molecule has 0 radical (unpaired) electrons. The largest absolute Gasteiger partial charge is 0.494 e. The first-order chi connectivity index (χ1) is 10.7. The zero-order valence-electron chi connectivity index (χ0n) is 12.1. The van der Waals surface area contributed by atoms with Crippen LogP contribution >= 0.6 is 12.6 Å². The summed E-state index contributed by atoms with van der Waals surface area (Å²) in [6.45, 7) is 2.56. The van der Waals surface area contributed by atoms with Crippen molar-refractivity contribution in [1.29, 1.82) is 0 Å². The Balaban J connectivity index is 1.90. The van der Waals surface area contributed by atoms with Gasteiger partial charge >= 0.3 is 0 Å². The summed E-state index contributed by atoms with van der Waals surface area (Å²) < 4.78 is 18.9. The molecule has 0 saturated heterocycles. The van der Waals surface area contributed by atoms with Crippen LogP contribution in [0.2, 0.25) is 0 Å². The van der Waals surface area contributed by atoms with Crippen molar-refractivity contribution in [2.75, 3.05) is 16.6 Å². The third-order valence-electron chi connectivity index (χ3n) is 3.25. The molecule has 0 aliphatic carbocycles. The zero-order chi connectivity index (χ0) is 15.5. The van der Waals surface area contributed by atoms with Crippen LogP contribution in [-0.4, -0.2) is 18.4 Å². The Labute approximate surface area is 134 Å². The fraction of sp³-hybridized carbons (Fsp3) is 0.188. The molecular formula is C16H16FN3OS. The van der Waals surface area contributed by atoms with Crippen LogP contribution in [0.5, 0.6) is 5.75 Å². The van der Waals surface area contributed by atoms with E-state index in [0.29, 0.717) is 12.3 Å². The third-order valence-corrected chi connectivity index (χ3v) is 3.60. The number of hydrogen-bond acceptors (Lipinski definition) is 5. The summed E-state index contributed by atoms with van der Waals surface area (Å²) in [4.78, 5) is 4.28. The van der Waals surface area contributed by atoms with E-state index in [1.807, 2.05) is 42.3 Å². The molecule has 4 nitrogen and oxygen atoms in total. The first-order valence-corrected chi connectivity index (χ1v) is 7.49. The molecule has 6 heteroatoms. The molecule has 0 fully saturated rings. The lowest BCUT2D eigenvalue weighted by atomic mass is 10.3. The number of halogens is 1. The van der Waals surface area contributed by atoms with Crippen LogP contribution in [0.3, 0.4) is 0 Å². The van der Waals surface area contributed by atoms with E-state index in [1.165, 1.54) is 12.1 Å². The second-order valence-corrected chi connectivity index (χ2v) is 5.17. The fourth-order valence-electron chi connectivity index (χ4n) is 2.28. The molecule has 0 amide bonds. The fourth-order valence-corrected chi connectivity index (χ4v) is 2.59. The maximum Gasteiger partial charge on any atom is 0.186 e. The molecule has 0 bridgehead atoms. The highest BCUT2D eigenvalue weighted by Crippen LogP contribution is 2.30. The Morgan fingerprint density at radius 1 is 1.18 bits per heavy atom. The maximum absolute atomic E-state index is 13.5.